The zero-order chi connectivity index (χ0) is 15.5. The molecule has 6 heteroatoms. The SMILES string of the molecule is CCc1ccc(CCl)cc1S(=O)(=O)N(CCOC)C1CC1. The Labute approximate surface area is 132 Å². The Bertz CT molecular complexity index is 585. The fourth-order valence-electron chi connectivity index (χ4n) is 2.38. The number of alkyl halides is 1. The van der Waals surface area contributed by atoms with Gasteiger partial charge in [0.25, 0.3) is 0 Å². The van der Waals surface area contributed by atoms with Crippen molar-refractivity contribution in [3.05, 3.63) is 29.3 Å². The summed E-state index contributed by atoms with van der Waals surface area (Å²) in [5, 5.41) is 0. The third kappa shape index (κ3) is 3.77. The number of ether oxygens (including phenoxy) is 1. The third-order valence-electron chi connectivity index (χ3n) is 3.72. The number of hydrogen-bond donors (Lipinski definition) is 0. The second-order valence-electron chi connectivity index (χ2n) is 5.27. The van der Waals surface area contributed by atoms with Crippen LogP contribution in [0.4, 0.5) is 0 Å². The first kappa shape index (κ1) is 16.7. The molecular weight excluding hydrogens is 310 g/mol. The Hall–Kier alpha value is -0.620. The normalized spacial score (nSPS) is 15.6. The Balaban J connectivity index is 2.40. The van der Waals surface area contributed by atoms with Crippen molar-refractivity contribution < 1.29 is 13.2 Å². The fraction of sp³-hybridized carbons (Fsp3) is 0.600. The van der Waals surface area contributed by atoms with Crippen LogP contribution < -0.4 is 0 Å². The Morgan fingerprint density at radius 2 is 2.10 bits per heavy atom. The average molecular weight is 332 g/mol. The second-order valence-corrected chi connectivity index (χ2v) is 7.40. The van der Waals surface area contributed by atoms with E-state index in [4.69, 9.17) is 16.3 Å². The Morgan fingerprint density at radius 1 is 1.38 bits per heavy atom. The molecule has 0 unspecified atom stereocenters. The number of sulfonamides is 1. The number of aryl methyl sites for hydroxylation is 1. The molecule has 1 fully saturated rings. The predicted octanol–water partition coefficient (Wildman–Crippen LogP) is 2.79. The molecule has 1 aliphatic carbocycles. The zero-order valence-corrected chi connectivity index (χ0v) is 14.1. The molecule has 0 heterocycles. The first-order chi connectivity index (χ1) is 10.0. The van der Waals surface area contributed by atoms with Crippen LogP contribution in [0.15, 0.2) is 23.1 Å². The highest BCUT2D eigenvalue weighted by molar-refractivity contribution is 7.89. The van der Waals surface area contributed by atoms with Gasteiger partial charge in [-0.1, -0.05) is 19.1 Å². The molecule has 21 heavy (non-hydrogen) atoms. The van der Waals surface area contributed by atoms with Gasteiger partial charge in [0.05, 0.1) is 11.5 Å². The zero-order valence-electron chi connectivity index (χ0n) is 12.5. The standard InChI is InChI=1S/C15H22ClNO3S/c1-3-13-5-4-12(11-16)10-15(13)21(18,19)17(8-9-20-2)14-6-7-14/h4-5,10,14H,3,6-9,11H2,1-2H3. The van der Waals surface area contributed by atoms with E-state index >= 15 is 0 Å². The van der Waals surface area contributed by atoms with Crippen LogP contribution in [-0.4, -0.2) is 39.0 Å². The molecule has 0 amide bonds. The molecule has 1 aromatic carbocycles. The maximum absolute atomic E-state index is 13.0. The molecule has 0 aromatic heterocycles. The summed E-state index contributed by atoms with van der Waals surface area (Å²) in [7, 11) is -1.90. The van der Waals surface area contributed by atoms with Crippen LogP contribution in [0.3, 0.4) is 0 Å². The van der Waals surface area contributed by atoms with E-state index in [0.717, 1.165) is 24.0 Å². The van der Waals surface area contributed by atoms with Crippen molar-refractivity contribution in [3.63, 3.8) is 0 Å². The van der Waals surface area contributed by atoms with E-state index in [1.54, 1.807) is 17.5 Å². The van der Waals surface area contributed by atoms with Gasteiger partial charge in [0.1, 0.15) is 0 Å². The number of hydrogen-bond acceptors (Lipinski definition) is 3. The van der Waals surface area contributed by atoms with Crippen molar-refractivity contribution in [2.24, 2.45) is 0 Å². The summed E-state index contributed by atoms with van der Waals surface area (Å²) >= 11 is 5.85. The van der Waals surface area contributed by atoms with Crippen LogP contribution in [-0.2, 0) is 27.1 Å². The summed E-state index contributed by atoms with van der Waals surface area (Å²) in [6.07, 6.45) is 2.54. The molecule has 0 radical (unpaired) electrons. The van der Waals surface area contributed by atoms with E-state index < -0.39 is 10.0 Å². The molecule has 0 N–H and O–H groups in total. The van der Waals surface area contributed by atoms with Gasteiger partial charge >= 0.3 is 0 Å². The molecule has 1 aromatic rings. The minimum atomic E-state index is -3.49. The van der Waals surface area contributed by atoms with Crippen molar-refractivity contribution in [3.8, 4) is 0 Å². The number of benzene rings is 1. The van der Waals surface area contributed by atoms with Crippen LogP contribution in [0.25, 0.3) is 0 Å². The monoisotopic (exact) mass is 331 g/mol. The number of halogens is 1. The summed E-state index contributed by atoms with van der Waals surface area (Å²) in [4.78, 5) is 0.395. The maximum Gasteiger partial charge on any atom is 0.243 e. The van der Waals surface area contributed by atoms with Gasteiger partial charge in [0.2, 0.25) is 10.0 Å². The van der Waals surface area contributed by atoms with Crippen LogP contribution in [0, 0.1) is 0 Å². The summed E-state index contributed by atoms with van der Waals surface area (Å²) in [6, 6.07) is 5.59. The van der Waals surface area contributed by atoms with Gasteiger partial charge in [-0.25, -0.2) is 8.42 Å². The summed E-state index contributed by atoms with van der Waals surface area (Å²) < 4.78 is 32.6. The lowest BCUT2D eigenvalue weighted by atomic mass is 10.1. The molecule has 2 rings (SSSR count). The molecule has 1 saturated carbocycles. The molecule has 0 atom stereocenters. The highest BCUT2D eigenvalue weighted by Crippen LogP contribution is 2.33. The van der Waals surface area contributed by atoms with Crippen LogP contribution in [0.5, 0.6) is 0 Å². The molecular formula is C15H22ClNO3S. The number of rotatable bonds is 8. The smallest absolute Gasteiger partial charge is 0.243 e. The fourth-order valence-corrected chi connectivity index (χ4v) is 4.56. The molecule has 1 aliphatic rings. The molecule has 118 valence electrons. The van der Waals surface area contributed by atoms with Gasteiger partial charge < -0.3 is 4.74 Å². The summed E-state index contributed by atoms with van der Waals surface area (Å²) in [5.74, 6) is 0.314. The quantitative estimate of drug-likeness (QED) is 0.688. The topological polar surface area (TPSA) is 46.6 Å². The van der Waals surface area contributed by atoms with E-state index in [0.29, 0.717) is 30.3 Å². The van der Waals surface area contributed by atoms with Crippen molar-refractivity contribution >= 4 is 21.6 Å². The number of nitrogens with zero attached hydrogens (tertiary/aromatic N) is 1. The van der Waals surface area contributed by atoms with Crippen LogP contribution in [0.2, 0.25) is 0 Å². The van der Waals surface area contributed by atoms with Crippen LogP contribution in [0.1, 0.15) is 30.9 Å². The third-order valence-corrected chi connectivity index (χ3v) is 6.07. The van der Waals surface area contributed by atoms with Crippen LogP contribution >= 0.6 is 11.6 Å². The average Bonchev–Trinajstić information content (AvgIpc) is 3.31. The highest BCUT2D eigenvalue weighted by atomic mass is 35.5. The van der Waals surface area contributed by atoms with Gasteiger partial charge in [-0.3, -0.25) is 0 Å². The van der Waals surface area contributed by atoms with E-state index in [1.807, 2.05) is 19.1 Å². The molecule has 0 saturated heterocycles. The van der Waals surface area contributed by atoms with Crippen molar-refractivity contribution in [1.29, 1.82) is 0 Å². The molecule has 4 nitrogen and oxygen atoms in total. The first-order valence-electron chi connectivity index (χ1n) is 7.23. The lowest BCUT2D eigenvalue weighted by molar-refractivity contribution is 0.177. The molecule has 0 aliphatic heterocycles. The van der Waals surface area contributed by atoms with E-state index in [2.05, 4.69) is 0 Å². The second kappa shape index (κ2) is 7.09. The first-order valence-corrected chi connectivity index (χ1v) is 9.20. The maximum atomic E-state index is 13.0. The molecule has 0 bridgehead atoms. The van der Waals surface area contributed by atoms with Crippen molar-refractivity contribution in [2.45, 2.75) is 43.0 Å². The highest BCUT2D eigenvalue weighted by Gasteiger charge is 2.38. The van der Waals surface area contributed by atoms with E-state index in [-0.39, 0.29) is 6.04 Å². The summed E-state index contributed by atoms with van der Waals surface area (Å²) in [6.45, 7) is 2.77. The van der Waals surface area contributed by atoms with Gasteiger partial charge in [0, 0.05) is 25.6 Å². The summed E-state index contributed by atoms with van der Waals surface area (Å²) in [5.41, 5.74) is 1.67. The minimum Gasteiger partial charge on any atom is -0.383 e. The Kier molecular flexibility index (Phi) is 5.66. The van der Waals surface area contributed by atoms with Crippen molar-refractivity contribution in [2.75, 3.05) is 20.3 Å². The van der Waals surface area contributed by atoms with Crippen molar-refractivity contribution in [1.82, 2.24) is 4.31 Å². The lowest BCUT2D eigenvalue weighted by Crippen LogP contribution is -2.36. The van der Waals surface area contributed by atoms with Gasteiger partial charge in [0.15, 0.2) is 0 Å². The minimum absolute atomic E-state index is 0.120. The lowest BCUT2D eigenvalue weighted by Gasteiger charge is -2.23. The van der Waals surface area contributed by atoms with Gasteiger partial charge in [-0.05, 0) is 36.5 Å². The predicted molar refractivity (Wildman–Crippen MR) is 84.2 cm³/mol. The molecule has 0 spiro atoms. The van der Waals surface area contributed by atoms with E-state index in [9.17, 15) is 8.42 Å². The van der Waals surface area contributed by atoms with E-state index in [1.165, 1.54) is 0 Å². The number of methoxy groups -OCH3 is 1. The Morgan fingerprint density at radius 3 is 2.62 bits per heavy atom. The largest absolute Gasteiger partial charge is 0.383 e. The van der Waals surface area contributed by atoms with Gasteiger partial charge in [-0.2, -0.15) is 4.31 Å². The van der Waals surface area contributed by atoms with Gasteiger partial charge in [-0.15, -0.1) is 11.6 Å².